The van der Waals surface area contributed by atoms with Gasteiger partial charge in [0.2, 0.25) is 0 Å². The summed E-state index contributed by atoms with van der Waals surface area (Å²) < 4.78 is 10.8. The lowest BCUT2D eigenvalue weighted by atomic mass is 10.4. The molecule has 0 aromatic carbocycles. The summed E-state index contributed by atoms with van der Waals surface area (Å²) >= 11 is 0. The Morgan fingerprint density at radius 1 is 1.29 bits per heavy atom. The number of nitrogens with zero attached hydrogens (tertiary/aromatic N) is 1. The summed E-state index contributed by atoms with van der Waals surface area (Å²) in [6.45, 7) is 4.10. The number of rotatable bonds is 2. The van der Waals surface area contributed by atoms with Crippen molar-refractivity contribution in [3.8, 4) is 11.7 Å². The molecular formula is C10H12N2O2. The van der Waals surface area contributed by atoms with Crippen molar-refractivity contribution in [3.05, 3.63) is 29.3 Å². The molecule has 0 aliphatic rings. The molecule has 0 bridgehead atoms. The van der Waals surface area contributed by atoms with Crippen LogP contribution in [0.25, 0.3) is 11.7 Å². The Bertz CT molecular complexity index is 443. The van der Waals surface area contributed by atoms with Crippen molar-refractivity contribution in [1.29, 1.82) is 0 Å². The predicted octanol–water partition coefficient (Wildman–Crippen LogP) is 2.01. The number of aromatic nitrogens is 1. The highest BCUT2D eigenvalue weighted by Crippen LogP contribution is 2.23. The fourth-order valence-electron chi connectivity index (χ4n) is 1.27. The molecule has 0 aliphatic heterocycles. The predicted molar refractivity (Wildman–Crippen MR) is 51.6 cm³/mol. The van der Waals surface area contributed by atoms with Crippen molar-refractivity contribution >= 4 is 0 Å². The summed E-state index contributed by atoms with van der Waals surface area (Å²) in [6.07, 6.45) is 0. The van der Waals surface area contributed by atoms with Crippen LogP contribution in [0.15, 0.2) is 21.0 Å². The lowest BCUT2D eigenvalue weighted by Gasteiger charge is -1.86. The van der Waals surface area contributed by atoms with Gasteiger partial charge in [-0.3, -0.25) is 0 Å². The fourth-order valence-corrected chi connectivity index (χ4v) is 1.27. The minimum atomic E-state index is 0.384. The van der Waals surface area contributed by atoms with Crippen LogP contribution in [0.4, 0.5) is 0 Å². The van der Waals surface area contributed by atoms with Crippen LogP contribution in [0.2, 0.25) is 0 Å². The normalized spacial score (nSPS) is 10.8. The summed E-state index contributed by atoms with van der Waals surface area (Å²) in [4.78, 5) is 4.23. The minimum Gasteiger partial charge on any atom is -0.456 e. The van der Waals surface area contributed by atoms with E-state index < -0.39 is 0 Å². The average molecular weight is 192 g/mol. The molecule has 4 nitrogen and oxygen atoms in total. The van der Waals surface area contributed by atoms with E-state index in [1.54, 1.807) is 0 Å². The third kappa shape index (κ3) is 1.44. The largest absolute Gasteiger partial charge is 0.456 e. The average Bonchev–Trinajstić information content (AvgIpc) is 2.71. The van der Waals surface area contributed by atoms with Gasteiger partial charge >= 0.3 is 0 Å². The van der Waals surface area contributed by atoms with E-state index in [0.29, 0.717) is 18.2 Å². The van der Waals surface area contributed by atoms with Gasteiger partial charge in [-0.1, -0.05) is 0 Å². The molecule has 0 fully saturated rings. The van der Waals surface area contributed by atoms with Gasteiger partial charge in [0.1, 0.15) is 11.5 Å². The lowest BCUT2D eigenvalue weighted by molar-refractivity contribution is 0.488. The molecule has 0 unspecified atom stereocenters. The molecule has 2 aromatic rings. The van der Waals surface area contributed by atoms with Crippen molar-refractivity contribution in [2.45, 2.75) is 20.4 Å². The monoisotopic (exact) mass is 192 g/mol. The molecule has 14 heavy (non-hydrogen) atoms. The van der Waals surface area contributed by atoms with Crippen molar-refractivity contribution < 1.29 is 8.83 Å². The zero-order valence-electron chi connectivity index (χ0n) is 8.20. The van der Waals surface area contributed by atoms with Crippen LogP contribution in [0, 0.1) is 13.8 Å². The molecular weight excluding hydrogens is 180 g/mol. The first kappa shape index (κ1) is 9.02. The topological polar surface area (TPSA) is 65.2 Å². The van der Waals surface area contributed by atoms with Crippen LogP contribution < -0.4 is 5.73 Å². The van der Waals surface area contributed by atoms with Gasteiger partial charge in [-0.05, 0) is 26.0 Å². The molecule has 2 heterocycles. The number of hydrogen-bond donors (Lipinski definition) is 1. The standard InChI is InChI=1S/C10H12N2O2/c1-6-3-4-9(13-6)10-12-8(5-11)7(2)14-10/h3-4H,5,11H2,1-2H3. The number of aryl methyl sites for hydroxylation is 2. The molecule has 0 saturated heterocycles. The SMILES string of the molecule is Cc1ccc(-c2nc(CN)c(C)o2)o1. The Labute approximate surface area is 81.7 Å². The molecule has 0 aliphatic carbocycles. The first-order valence-electron chi connectivity index (χ1n) is 4.44. The maximum absolute atomic E-state index is 5.49. The van der Waals surface area contributed by atoms with E-state index in [1.165, 1.54) is 0 Å². The zero-order chi connectivity index (χ0) is 10.1. The van der Waals surface area contributed by atoms with Gasteiger partial charge in [-0.25, -0.2) is 4.98 Å². The molecule has 0 amide bonds. The van der Waals surface area contributed by atoms with E-state index in [1.807, 2.05) is 26.0 Å². The van der Waals surface area contributed by atoms with E-state index in [4.69, 9.17) is 14.6 Å². The van der Waals surface area contributed by atoms with Crippen molar-refractivity contribution in [2.75, 3.05) is 0 Å². The highest BCUT2D eigenvalue weighted by molar-refractivity contribution is 5.45. The highest BCUT2D eigenvalue weighted by atomic mass is 16.4. The maximum Gasteiger partial charge on any atom is 0.263 e. The molecule has 2 aromatic heterocycles. The Morgan fingerprint density at radius 2 is 2.07 bits per heavy atom. The summed E-state index contributed by atoms with van der Waals surface area (Å²) in [5.41, 5.74) is 6.27. The van der Waals surface area contributed by atoms with Gasteiger partial charge in [-0.15, -0.1) is 0 Å². The van der Waals surface area contributed by atoms with Crippen LogP contribution in [0.1, 0.15) is 17.2 Å². The second-order valence-corrected chi connectivity index (χ2v) is 3.14. The van der Waals surface area contributed by atoms with Gasteiger partial charge < -0.3 is 14.6 Å². The Kier molecular flexibility index (Phi) is 2.13. The van der Waals surface area contributed by atoms with Gasteiger partial charge in [0, 0.05) is 6.54 Å². The van der Waals surface area contributed by atoms with E-state index in [2.05, 4.69) is 4.98 Å². The molecule has 0 atom stereocenters. The quantitative estimate of drug-likeness (QED) is 0.790. The van der Waals surface area contributed by atoms with Crippen LogP contribution in [0.5, 0.6) is 0 Å². The van der Waals surface area contributed by atoms with Crippen LogP contribution in [-0.2, 0) is 6.54 Å². The van der Waals surface area contributed by atoms with Crippen molar-refractivity contribution in [3.63, 3.8) is 0 Å². The highest BCUT2D eigenvalue weighted by Gasteiger charge is 2.12. The van der Waals surface area contributed by atoms with Crippen molar-refractivity contribution in [2.24, 2.45) is 5.73 Å². The molecule has 2 rings (SSSR count). The summed E-state index contributed by atoms with van der Waals surface area (Å²) in [5, 5.41) is 0. The Balaban J connectivity index is 2.42. The van der Waals surface area contributed by atoms with Crippen LogP contribution in [-0.4, -0.2) is 4.98 Å². The van der Waals surface area contributed by atoms with Gasteiger partial charge in [0.25, 0.3) is 5.89 Å². The second kappa shape index (κ2) is 3.31. The number of furan rings is 1. The number of nitrogens with two attached hydrogens (primary N) is 1. The molecule has 0 radical (unpaired) electrons. The van der Waals surface area contributed by atoms with E-state index in [9.17, 15) is 0 Å². The number of hydrogen-bond acceptors (Lipinski definition) is 4. The molecule has 74 valence electrons. The number of oxazole rings is 1. The molecule has 2 N–H and O–H groups in total. The minimum absolute atomic E-state index is 0.384. The third-order valence-corrected chi connectivity index (χ3v) is 2.04. The van der Waals surface area contributed by atoms with Gasteiger partial charge in [0.15, 0.2) is 5.76 Å². The van der Waals surface area contributed by atoms with E-state index >= 15 is 0 Å². The second-order valence-electron chi connectivity index (χ2n) is 3.14. The summed E-state index contributed by atoms with van der Waals surface area (Å²) in [7, 11) is 0. The maximum atomic E-state index is 5.49. The van der Waals surface area contributed by atoms with Gasteiger partial charge in [0.05, 0.1) is 5.69 Å². The summed E-state index contributed by atoms with van der Waals surface area (Å²) in [6, 6.07) is 3.71. The van der Waals surface area contributed by atoms with Crippen LogP contribution >= 0.6 is 0 Å². The molecule has 4 heteroatoms. The zero-order valence-corrected chi connectivity index (χ0v) is 8.20. The first-order chi connectivity index (χ1) is 6.70. The molecule has 0 spiro atoms. The Hall–Kier alpha value is -1.55. The van der Waals surface area contributed by atoms with E-state index in [0.717, 1.165) is 17.2 Å². The molecule has 0 saturated carbocycles. The fraction of sp³-hybridized carbons (Fsp3) is 0.300. The Morgan fingerprint density at radius 3 is 2.57 bits per heavy atom. The van der Waals surface area contributed by atoms with Crippen LogP contribution in [0.3, 0.4) is 0 Å². The van der Waals surface area contributed by atoms with Gasteiger partial charge in [-0.2, -0.15) is 0 Å². The smallest absolute Gasteiger partial charge is 0.263 e. The third-order valence-electron chi connectivity index (χ3n) is 2.04. The van der Waals surface area contributed by atoms with Crippen molar-refractivity contribution in [1.82, 2.24) is 4.98 Å². The lowest BCUT2D eigenvalue weighted by Crippen LogP contribution is -1.97. The van der Waals surface area contributed by atoms with E-state index in [-0.39, 0.29) is 0 Å². The first-order valence-corrected chi connectivity index (χ1v) is 4.44. The summed E-state index contributed by atoms with van der Waals surface area (Å²) in [5.74, 6) is 2.73.